The fourth-order valence-corrected chi connectivity index (χ4v) is 1.26. The fourth-order valence-electron chi connectivity index (χ4n) is 0.731. The predicted octanol–water partition coefficient (Wildman–Crippen LogP) is 2.16. The highest BCUT2D eigenvalue weighted by molar-refractivity contribution is 9.10. The maximum Gasteiger partial charge on any atom is 0.197 e. The maximum absolute atomic E-state index is 4.14. The summed E-state index contributed by atoms with van der Waals surface area (Å²) in [6, 6.07) is 0. The minimum Gasteiger partial charge on any atom is -0.227 e. The molecule has 2 nitrogen and oxygen atoms in total. The SMILES string of the molecule is Cc1nc(Br)nc(C)c1C. The molecule has 1 rings (SSSR count). The monoisotopic (exact) mass is 200 g/mol. The van der Waals surface area contributed by atoms with Gasteiger partial charge in [0.15, 0.2) is 4.73 Å². The summed E-state index contributed by atoms with van der Waals surface area (Å²) in [5.74, 6) is 0. The Labute approximate surface area is 68.8 Å². The van der Waals surface area contributed by atoms with Crippen molar-refractivity contribution in [3.63, 3.8) is 0 Å². The van der Waals surface area contributed by atoms with Crippen molar-refractivity contribution in [1.29, 1.82) is 0 Å². The molecule has 1 heterocycles. The first kappa shape index (κ1) is 7.66. The van der Waals surface area contributed by atoms with E-state index in [4.69, 9.17) is 0 Å². The van der Waals surface area contributed by atoms with E-state index in [1.165, 1.54) is 5.56 Å². The van der Waals surface area contributed by atoms with Crippen molar-refractivity contribution < 1.29 is 0 Å². The number of rotatable bonds is 0. The van der Waals surface area contributed by atoms with Crippen molar-refractivity contribution >= 4 is 15.9 Å². The van der Waals surface area contributed by atoms with E-state index in [-0.39, 0.29) is 0 Å². The van der Waals surface area contributed by atoms with E-state index in [1.807, 2.05) is 20.8 Å². The lowest BCUT2D eigenvalue weighted by Crippen LogP contribution is -1.95. The summed E-state index contributed by atoms with van der Waals surface area (Å²) >= 11 is 3.22. The Morgan fingerprint density at radius 2 is 1.40 bits per heavy atom. The molecule has 0 saturated carbocycles. The van der Waals surface area contributed by atoms with E-state index in [2.05, 4.69) is 25.9 Å². The van der Waals surface area contributed by atoms with Crippen molar-refractivity contribution in [2.45, 2.75) is 20.8 Å². The van der Waals surface area contributed by atoms with E-state index in [0.717, 1.165) is 11.4 Å². The lowest BCUT2D eigenvalue weighted by molar-refractivity contribution is 0.978. The Morgan fingerprint density at radius 1 is 1.00 bits per heavy atom. The molecule has 1 aromatic heterocycles. The molecule has 0 atom stereocenters. The first-order valence-electron chi connectivity index (χ1n) is 3.08. The van der Waals surface area contributed by atoms with Crippen LogP contribution < -0.4 is 0 Å². The molecular weight excluding hydrogens is 192 g/mol. The molecule has 0 fully saturated rings. The van der Waals surface area contributed by atoms with Crippen LogP contribution in [-0.2, 0) is 0 Å². The van der Waals surface area contributed by atoms with Gasteiger partial charge in [-0.25, -0.2) is 9.97 Å². The number of halogens is 1. The molecule has 10 heavy (non-hydrogen) atoms. The van der Waals surface area contributed by atoms with E-state index < -0.39 is 0 Å². The summed E-state index contributed by atoms with van der Waals surface area (Å²) in [7, 11) is 0. The van der Waals surface area contributed by atoms with Crippen LogP contribution in [0.15, 0.2) is 4.73 Å². The highest BCUT2D eigenvalue weighted by Crippen LogP contribution is 2.10. The molecule has 0 N–H and O–H groups in total. The van der Waals surface area contributed by atoms with Gasteiger partial charge in [0.05, 0.1) is 0 Å². The molecule has 0 spiro atoms. The van der Waals surface area contributed by atoms with E-state index in [9.17, 15) is 0 Å². The highest BCUT2D eigenvalue weighted by Gasteiger charge is 2.00. The summed E-state index contributed by atoms with van der Waals surface area (Å²) in [5, 5.41) is 0. The van der Waals surface area contributed by atoms with Crippen LogP contribution in [0.3, 0.4) is 0 Å². The van der Waals surface area contributed by atoms with Crippen molar-refractivity contribution in [3.05, 3.63) is 21.7 Å². The third-order valence-electron chi connectivity index (χ3n) is 1.61. The van der Waals surface area contributed by atoms with E-state index in [0.29, 0.717) is 4.73 Å². The second-order valence-electron chi connectivity index (χ2n) is 2.29. The van der Waals surface area contributed by atoms with Gasteiger partial charge < -0.3 is 0 Å². The topological polar surface area (TPSA) is 25.8 Å². The van der Waals surface area contributed by atoms with Gasteiger partial charge in [0.1, 0.15) is 0 Å². The first-order valence-corrected chi connectivity index (χ1v) is 3.88. The molecule has 0 saturated heterocycles. The van der Waals surface area contributed by atoms with Crippen LogP contribution in [-0.4, -0.2) is 9.97 Å². The number of hydrogen-bond acceptors (Lipinski definition) is 2. The minimum absolute atomic E-state index is 0.674. The van der Waals surface area contributed by atoms with Crippen LogP contribution in [0.4, 0.5) is 0 Å². The van der Waals surface area contributed by atoms with Crippen LogP contribution in [0.25, 0.3) is 0 Å². The van der Waals surface area contributed by atoms with Gasteiger partial charge in [-0.1, -0.05) is 0 Å². The third kappa shape index (κ3) is 1.34. The second-order valence-corrected chi connectivity index (χ2v) is 3.00. The molecule has 0 aliphatic heterocycles. The summed E-state index contributed by atoms with van der Waals surface area (Å²) < 4.78 is 0.674. The second kappa shape index (κ2) is 2.66. The van der Waals surface area contributed by atoms with Gasteiger partial charge in [0.25, 0.3) is 0 Å². The van der Waals surface area contributed by atoms with Gasteiger partial charge in [0.2, 0.25) is 0 Å². The summed E-state index contributed by atoms with van der Waals surface area (Å²) in [4.78, 5) is 8.28. The lowest BCUT2D eigenvalue weighted by atomic mass is 10.2. The number of aromatic nitrogens is 2. The number of hydrogen-bond donors (Lipinski definition) is 0. The number of aryl methyl sites for hydroxylation is 2. The summed E-state index contributed by atoms with van der Waals surface area (Å²) in [5.41, 5.74) is 3.25. The standard InChI is InChI=1S/C7H9BrN2/c1-4-5(2)9-7(8)10-6(4)3/h1-3H3. The fraction of sp³-hybridized carbons (Fsp3) is 0.429. The normalized spacial score (nSPS) is 10.0. The maximum atomic E-state index is 4.14. The molecular formula is C7H9BrN2. The average molecular weight is 201 g/mol. The minimum atomic E-state index is 0.674. The number of nitrogens with zero attached hydrogens (tertiary/aromatic N) is 2. The molecule has 0 amide bonds. The molecule has 1 aromatic rings. The zero-order chi connectivity index (χ0) is 7.72. The molecule has 0 aliphatic carbocycles. The van der Waals surface area contributed by atoms with E-state index >= 15 is 0 Å². The van der Waals surface area contributed by atoms with Gasteiger partial charge >= 0.3 is 0 Å². The zero-order valence-corrected chi connectivity index (χ0v) is 7.86. The third-order valence-corrected chi connectivity index (χ3v) is 1.96. The Morgan fingerprint density at radius 3 is 1.80 bits per heavy atom. The Hall–Kier alpha value is -0.440. The summed E-state index contributed by atoms with van der Waals surface area (Å²) in [6.07, 6.45) is 0. The molecule has 3 heteroatoms. The Kier molecular flexibility index (Phi) is 2.04. The van der Waals surface area contributed by atoms with Gasteiger partial charge in [-0.2, -0.15) is 0 Å². The average Bonchev–Trinajstić information content (AvgIpc) is 1.82. The molecule has 0 aliphatic rings. The van der Waals surface area contributed by atoms with Gasteiger partial charge in [-0.15, -0.1) is 0 Å². The Balaban J connectivity index is 3.31. The van der Waals surface area contributed by atoms with Gasteiger partial charge in [0, 0.05) is 11.4 Å². The molecule has 0 radical (unpaired) electrons. The van der Waals surface area contributed by atoms with Crippen molar-refractivity contribution in [2.24, 2.45) is 0 Å². The van der Waals surface area contributed by atoms with Crippen LogP contribution >= 0.6 is 15.9 Å². The van der Waals surface area contributed by atoms with Crippen LogP contribution in [0, 0.1) is 20.8 Å². The molecule has 0 aromatic carbocycles. The van der Waals surface area contributed by atoms with Crippen molar-refractivity contribution in [1.82, 2.24) is 9.97 Å². The quantitative estimate of drug-likeness (QED) is 0.601. The van der Waals surface area contributed by atoms with Gasteiger partial charge in [-0.05, 0) is 42.3 Å². The van der Waals surface area contributed by atoms with Crippen molar-refractivity contribution in [3.8, 4) is 0 Å². The Bertz CT molecular complexity index is 235. The molecule has 54 valence electrons. The highest BCUT2D eigenvalue weighted by atomic mass is 79.9. The predicted molar refractivity (Wildman–Crippen MR) is 43.9 cm³/mol. The smallest absolute Gasteiger partial charge is 0.197 e. The van der Waals surface area contributed by atoms with Crippen LogP contribution in [0.1, 0.15) is 17.0 Å². The van der Waals surface area contributed by atoms with E-state index in [1.54, 1.807) is 0 Å². The molecule has 0 unspecified atom stereocenters. The lowest BCUT2D eigenvalue weighted by Gasteiger charge is -2.01. The molecule has 0 bridgehead atoms. The van der Waals surface area contributed by atoms with Crippen LogP contribution in [0.2, 0.25) is 0 Å². The van der Waals surface area contributed by atoms with Gasteiger partial charge in [-0.3, -0.25) is 0 Å². The zero-order valence-electron chi connectivity index (χ0n) is 6.27. The largest absolute Gasteiger partial charge is 0.227 e. The van der Waals surface area contributed by atoms with Crippen molar-refractivity contribution in [2.75, 3.05) is 0 Å². The summed E-state index contributed by atoms with van der Waals surface area (Å²) in [6.45, 7) is 5.99. The van der Waals surface area contributed by atoms with Crippen LogP contribution in [0.5, 0.6) is 0 Å². The first-order chi connectivity index (χ1) is 4.61.